The van der Waals surface area contributed by atoms with Crippen molar-refractivity contribution in [2.24, 2.45) is 0 Å². The quantitative estimate of drug-likeness (QED) is 0.941. The van der Waals surface area contributed by atoms with Crippen molar-refractivity contribution in [2.75, 3.05) is 5.73 Å². The molecule has 0 saturated carbocycles. The Morgan fingerprint density at radius 2 is 2.31 bits per heavy atom. The first-order chi connectivity index (χ1) is 7.63. The second kappa shape index (κ2) is 4.41. The highest BCUT2D eigenvalue weighted by molar-refractivity contribution is 9.10. The molecule has 0 aliphatic heterocycles. The van der Waals surface area contributed by atoms with Crippen molar-refractivity contribution < 1.29 is 0 Å². The molecule has 0 saturated heterocycles. The van der Waals surface area contributed by atoms with Gasteiger partial charge in [0.2, 0.25) is 5.95 Å². The molecular formula is C11H15BrN4. The third-order valence-corrected chi connectivity index (χ3v) is 3.10. The van der Waals surface area contributed by atoms with Crippen LogP contribution in [0.3, 0.4) is 0 Å². The molecule has 86 valence electrons. The van der Waals surface area contributed by atoms with Gasteiger partial charge in [-0.1, -0.05) is 13.3 Å². The minimum Gasteiger partial charge on any atom is -0.369 e. The summed E-state index contributed by atoms with van der Waals surface area (Å²) in [7, 11) is 0. The normalized spacial score (nSPS) is 13.2. The molecule has 2 aromatic heterocycles. The van der Waals surface area contributed by atoms with Crippen molar-refractivity contribution in [2.45, 2.75) is 32.7 Å². The zero-order valence-electron chi connectivity index (χ0n) is 9.44. The van der Waals surface area contributed by atoms with E-state index in [1.165, 1.54) is 0 Å². The van der Waals surface area contributed by atoms with E-state index in [1.807, 2.05) is 10.6 Å². The van der Waals surface area contributed by atoms with Crippen LogP contribution >= 0.6 is 15.9 Å². The monoisotopic (exact) mass is 282 g/mol. The van der Waals surface area contributed by atoms with Gasteiger partial charge < -0.3 is 5.73 Å². The standard InChI is InChI=1S/C11H15BrN4/c1-3-4-7(2)16-10-9(15-11(16)13)5-8(12)6-14-10/h5-7H,3-4H2,1-2H3,(H2,13,15). The number of hydrogen-bond donors (Lipinski definition) is 1. The zero-order valence-corrected chi connectivity index (χ0v) is 11.0. The molecule has 4 nitrogen and oxygen atoms in total. The molecule has 2 heterocycles. The van der Waals surface area contributed by atoms with Gasteiger partial charge in [-0.2, -0.15) is 0 Å². The van der Waals surface area contributed by atoms with Gasteiger partial charge in [0.25, 0.3) is 0 Å². The van der Waals surface area contributed by atoms with Crippen molar-refractivity contribution in [1.82, 2.24) is 14.5 Å². The summed E-state index contributed by atoms with van der Waals surface area (Å²) < 4.78 is 2.93. The topological polar surface area (TPSA) is 56.7 Å². The van der Waals surface area contributed by atoms with E-state index in [0.29, 0.717) is 12.0 Å². The molecule has 0 radical (unpaired) electrons. The summed E-state index contributed by atoms with van der Waals surface area (Å²) in [5, 5.41) is 0. The van der Waals surface area contributed by atoms with Gasteiger partial charge in [-0.05, 0) is 35.3 Å². The van der Waals surface area contributed by atoms with E-state index in [2.05, 4.69) is 39.7 Å². The van der Waals surface area contributed by atoms with Crippen LogP contribution in [-0.2, 0) is 0 Å². The molecular weight excluding hydrogens is 268 g/mol. The smallest absolute Gasteiger partial charge is 0.202 e. The molecule has 0 fully saturated rings. The fourth-order valence-corrected chi connectivity index (χ4v) is 2.28. The van der Waals surface area contributed by atoms with Gasteiger partial charge in [0.05, 0.1) is 0 Å². The van der Waals surface area contributed by atoms with Crippen LogP contribution < -0.4 is 5.73 Å². The third-order valence-electron chi connectivity index (χ3n) is 2.67. The van der Waals surface area contributed by atoms with Gasteiger partial charge in [-0.25, -0.2) is 9.97 Å². The highest BCUT2D eigenvalue weighted by Crippen LogP contribution is 2.25. The summed E-state index contributed by atoms with van der Waals surface area (Å²) in [5.74, 6) is 0.543. The number of anilines is 1. The maximum Gasteiger partial charge on any atom is 0.202 e. The molecule has 0 amide bonds. The van der Waals surface area contributed by atoms with Crippen LogP contribution in [0.2, 0.25) is 0 Å². The third kappa shape index (κ3) is 1.91. The highest BCUT2D eigenvalue weighted by atomic mass is 79.9. The van der Waals surface area contributed by atoms with Gasteiger partial charge >= 0.3 is 0 Å². The van der Waals surface area contributed by atoms with Crippen LogP contribution in [0.4, 0.5) is 5.95 Å². The summed E-state index contributed by atoms with van der Waals surface area (Å²) in [6, 6.07) is 2.28. The lowest BCUT2D eigenvalue weighted by atomic mass is 10.2. The summed E-state index contributed by atoms with van der Waals surface area (Å²) in [4.78, 5) is 8.70. The lowest BCUT2D eigenvalue weighted by Crippen LogP contribution is -2.09. The van der Waals surface area contributed by atoms with Crippen molar-refractivity contribution in [3.63, 3.8) is 0 Å². The van der Waals surface area contributed by atoms with Crippen molar-refractivity contribution in [3.8, 4) is 0 Å². The fourth-order valence-electron chi connectivity index (χ4n) is 1.96. The van der Waals surface area contributed by atoms with Crippen LogP contribution in [0.5, 0.6) is 0 Å². The summed E-state index contributed by atoms with van der Waals surface area (Å²) in [6.07, 6.45) is 3.98. The van der Waals surface area contributed by atoms with E-state index in [1.54, 1.807) is 6.20 Å². The number of fused-ring (bicyclic) bond motifs is 1. The van der Waals surface area contributed by atoms with Crippen molar-refractivity contribution >= 4 is 33.0 Å². The Labute approximate surface area is 103 Å². The molecule has 0 aliphatic rings. The van der Waals surface area contributed by atoms with Crippen LogP contribution in [0, 0.1) is 0 Å². The molecule has 0 bridgehead atoms. The number of nitrogens with zero attached hydrogens (tertiary/aromatic N) is 3. The van der Waals surface area contributed by atoms with Gasteiger partial charge in [0, 0.05) is 16.7 Å². The lowest BCUT2D eigenvalue weighted by Gasteiger charge is -2.13. The predicted molar refractivity (Wildman–Crippen MR) is 69.3 cm³/mol. The lowest BCUT2D eigenvalue weighted by molar-refractivity contribution is 0.516. The Bertz CT molecular complexity index is 506. The zero-order chi connectivity index (χ0) is 11.7. The summed E-state index contributed by atoms with van der Waals surface area (Å²) in [5.41, 5.74) is 7.64. The summed E-state index contributed by atoms with van der Waals surface area (Å²) >= 11 is 3.38. The predicted octanol–water partition coefficient (Wildman–Crippen LogP) is 3.14. The fraction of sp³-hybridized carbons (Fsp3) is 0.455. The number of nitrogens with two attached hydrogens (primary N) is 1. The number of halogens is 1. The number of hydrogen-bond acceptors (Lipinski definition) is 3. The Morgan fingerprint density at radius 3 is 3.00 bits per heavy atom. The molecule has 0 aliphatic carbocycles. The Kier molecular flexibility index (Phi) is 3.14. The number of nitrogen functional groups attached to an aromatic ring is 1. The SMILES string of the molecule is CCCC(C)n1c(N)nc2cc(Br)cnc21. The number of aromatic nitrogens is 3. The second-order valence-corrected chi connectivity index (χ2v) is 4.89. The highest BCUT2D eigenvalue weighted by Gasteiger charge is 2.14. The first-order valence-corrected chi connectivity index (χ1v) is 6.21. The molecule has 0 spiro atoms. The van der Waals surface area contributed by atoms with Crippen molar-refractivity contribution in [3.05, 3.63) is 16.7 Å². The molecule has 0 aromatic carbocycles. The van der Waals surface area contributed by atoms with Crippen LogP contribution in [0.25, 0.3) is 11.2 Å². The molecule has 16 heavy (non-hydrogen) atoms. The average molecular weight is 283 g/mol. The second-order valence-electron chi connectivity index (χ2n) is 3.97. The maximum absolute atomic E-state index is 5.93. The number of pyridine rings is 1. The Hall–Kier alpha value is -1.10. The average Bonchev–Trinajstić information content (AvgIpc) is 2.53. The minimum absolute atomic E-state index is 0.337. The van der Waals surface area contributed by atoms with E-state index in [-0.39, 0.29) is 0 Å². The molecule has 5 heteroatoms. The van der Waals surface area contributed by atoms with E-state index in [4.69, 9.17) is 5.73 Å². The largest absolute Gasteiger partial charge is 0.369 e. The molecule has 2 aromatic rings. The van der Waals surface area contributed by atoms with Crippen LogP contribution in [0.15, 0.2) is 16.7 Å². The maximum atomic E-state index is 5.93. The number of rotatable bonds is 3. The molecule has 1 atom stereocenters. The Morgan fingerprint density at radius 1 is 1.56 bits per heavy atom. The van der Waals surface area contributed by atoms with E-state index < -0.39 is 0 Å². The van der Waals surface area contributed by atoms with Crippen LogP contribution in [0.1, 0.15) is 32.7 Å². The number of imidazole rings is 1. The molecule has 2 rings (SSSR count). The minimum atomic E-state index is 0.337. The van der Waals surface area contributed by atoms with Gasteiger partial charge in [-0.15, -0.1) is 0 Å². The van der Waals surface area contributed by atoms with Crippen molar-refractivity contribution in [1.29, 1.82) is 0 Å². The van der Waals surface area contributed by atoms with E-state index in [0.717, 1.165) is 28.5 Å². The molecule has 2 N–H and O–H groups in total. The van der Waals surface area contributed by atoms with Crippen LogP contribution in [-0.4, -0.2) is 14.5 Å². The van der Waals surface area contributed by atoms with Gasteiger partial charge in [-0.3, -0.25) is 4.57 Å². The van der Waals surface area contributed by atoms with Gasteiger partial charge in [0.15, 0.2) is 5.65 Å². The van der Waals surface area contributed by atoms with Gasteiger partial charge in [0.1, 0.15) is 5.52 Å². The first-order valence-electron chi connectivity index (χ1n) is 5.42. The first kappa shape index (κ1) is 11.4. The molecule has 1 unspecified atom stereocenters. The van der Waals surface area contributed by atoms with E-state index in [9.17, 15) is 0 Å². The summed E-state index contributed by atoms with van der Waals surface area (Å²) in [6.45, 7) is 4.31. The van der Waals surface area contributed by atoms with E-state index >= 15 is 0 Å². The Balaban J connectivity index is 2.55.